The Kier molecular flexibility index (Phi) is 5.22. The lowest BCUT2D eigenvalue weighted by Gasteiger charge is -2.36. The van der Waals surface area contributed by atoms with Gasteiger partial charge in [0.15, 0.2) is 0 Å². The highest BCUT2D eigenvalue weighted by Crippen LogP contribution is 2.45. The van der Waals surface area contributed by atoms with Gasteiger partial charge in [-0.1, -0.05) is 17.7 Å². The first-order chi connectivity index (χ1) is 12.5. The molecule has 0 aliphatic carbocycles. The summed E-state index contributed by atoms with van der Waals surface area (Å²) < 4.78 is 0. The number of carbonyl (C=O) groups excluding carboxylic acids is 1. The molecule has 4 rings (SSSR count). The van der Waals surface area contributed by atoms with E-state index in [-0.39, 0.29) is 30.0 Å². The van der Waals surface area contributed by atoms with Gasteiger partial charge in [-0.15, -0.1) is 12.4 Å². The van der Waals surface area contributed by atoms with E-state index < -0.39 is 4.92 Å². The molecule has 0 saturated carbocycles. The van der Waals surface area contributed by atoms with E-state index in [1.807, 2.05) is 17.0 Å². The number of non-ortho nitro benzene ring substituents is 1. The molecule has 2 aliphatic heterocycles. The Morgan fingerprint density at radius 3 is 2.56 bits per heavy atom. The Morgan fingerprint density at radius 1 is 1.19 bits per heavy atom. The van der Waals surface area contributed by atoms with E-state index in [1.54, 1.807) is 12.1 Å². The quantitative estimate of drug-likeness (QED) is 0.581. The van der Waals surface area contributed by atoms with Crippen LogP contribution in [0.15, 0.2) is 42.5 Å². The smallest absolute Gasteiger partial charge is 0.269 e. The molecule has 2 atom stereocenters. The number of nitro benzene ring substituents is 1. The number of halogens is 1. The molecule has 0 radical (unpaired) electrons. The number of fused-ring (bicyclic) bond motifs is 3. The van der Waals surface area contributed by atoms with E-state index in [0.29, 0.717) is 11.5 Å². The lowest BCUT2D eigenvalue weighted by atomic mass is 9.88. The molecule has 0 bridgehead atoms. The van der Waals surface area contributed by atoms with Crippen LogP contribution in [0.1, 0.15) is 33.8 Å². The summed E-state index contributed by atoms with van der Waals surface area (Å²) in [7, 11) is 2.12. The Hall–Kier alpha value is -2.44. The fourth-order valence-corrected chi connectivity index (χ4v) is 4.21. The molecule has 2 heterocycles. The minimum Gasteiger partial charge on any atom is -0.306 e. The number of aryl methyl sites for hydroxylation is 1. The minimum atomic E-state index is -0.449. The predicted molar refractivity (Wildman–Crippen MR) is 107 cm³/mol. The molecule has 1 amide bonds. The Labute approximate surface area is 164 Å². The summed E-state index contributed by atoms with van der Waals surface area (Å²) in [5, 5.41) is 10.9. The molecule has 0 spiro atoms. The number of carbonyl (C=O) groups is 1. The normalized spacial score (nSPS) is 21.2. The van der Waals surface area contributed by atoms with Crippen LogP contribution in [-0.4, -0.2) is 41.9 Å². The number of hydrogen-bond donors (Lipinski definition) is 0. The lowest BCUT2D eigenvalue weighted by Crippen LogP contribution is -2.47. The number of benzene rings is 2. The monoisotopic (exact) mass is 387 g/mol. The molecule has 6 nitrogen and oxygen atoms in total. The molecule has 0 aromatic heterocycles. The van der Waals surface area contributed by atoms with Crippen molar-refractivity contribution in [2.45, 2.75) is 25.3 Å². The molecule has 0 N–H and O–H groups in total. The zero-order valence-corrected chi connectivity index (χ0v) is 16.1. The van der Waals surface area contributed by atoms with Crippen molar-refractivity contribution in [3.05, 3.63) is 69.3 Å². The number of hydrogen-bond acceptors (Lipinski definition) is 4. The topological polar surface area (TPSA) is 66.7 Å². The Bertz CT molecular complexity index is 885. The van der Waals surface area contributed by atoms with Crippen LogP contribution >= 0.6 is 12.4 Å². The maximum Gasteiger partial charge on any atom is 0.269 e. The van der Waals surface area contributed by atoms with Crippen molar-refractivity contribution in [3.63, 3.8) is 0 Å². The van der Waals surface area contributed by atoms with Gasteiger partial charge in [-0.25, -0.2) is 0 Å². The van der Waals surface area contributed by atoms with Gasteiger partial charge in [-0.05, 0) is 50.7 Å². The summed E-state index contributed by atoms with van der Waals surface area (Å²) in [6.45, 7) is 3.96. The van der Waals surface area contributed by atoms with Crippen LogP contribution in [0.5, 0.6) is 0 Å². The number of nitrogens with zero attached hydrogens (tertiary/aromatic N) is 3. The van der Waals surface area contributed by atoms with E-state index >= 15 is 0 Å². The van der Waals surface area contributed by atoms with Crippen LogP contribution in [0.4, 0.5) is 11.4 Å². The minimum absolute atomic E-state index is 0. The van der Waals surface area contributed by atoms with Crippen LogP contribution in [0.25, 0.3) is 0 Å². The molecule has 1 saturated heterocycles. The van der Waals surface area contributed by atoms with E-state index in [2.05, 4.69) is 24.9 Å². The van der Waals surface area contributed by atoms with Crippen molar-refractivity contribution < 1.29 is 9.72 Å². The van der Waals surface area contributed by atoms with Crippen molar-refractivity contribution in [1.29, 1.82) is 0 Å². The number of likely N-dealkylation sites (tertiary alicyclic amines) is 1. The molecule has 2 unspecified atom stereocenters. The van der Waals surface area contributed by atoms with Gasteiger partial charge in [-0.3, -0.25) is 14.9 Å². The van der Waals surface area contributed by atoms with E-state index in [1.165, 1.54) is 23.3 Å². The van der Waals surface area contributed by atoms with Crippen molar-refractivity contribution in [3.8, 4) is 0 Å². The van der Waals surface area contributed by atoms with Crippen LogP contribution in [0.3, 0.4) is 0 Å². The van der Waals surface area contributed by atoms with Gasteiger partial charge in [0.2, 0.25) is 0 Å². The molecule has 142 valence electrons. The fraction of sp³-hybridized carbons (Fsp3) is 0.350. The van der Waals surface area contributed by atoms with Gasteiger partial charge in [0.05, 0.1) is 4.92 Å². The molecule has 1 fully saturated rings. The second-order valence-corrected chi connectivity index (χ2v) is 7.27. The highest BCUT2D eigenvalue weighted by molar-refractivity contribution is 6.08. The Morgan fingerprint density at radius 2 is 1.89 bits per heavy atom. The van der Waals surface area contributed by atoms with Gasteiger partial charge in [0.25, 0.3) is 11.6 Å². The lowest BCUT2D eigenvalue weighted by molar-refractivity contribution is -0.384. The first kappa shape index (κ1) is 19.3. The Balaban J connectivity index is 0.00000210. The highest BCUT2D eigenvalue weighted by Gasteiger charge is 2.44. The van der Waals surface area contributed by atoms with Crippen LogP contribution in [-0.2, 0) is 0 Å². The number of likely N-dealkylation sites (N-methyl/N-ethyl adjacent to an activating group) is 1. The van der Waals surface area contributed by atoms with E-state index in [9.17, 15) is 14.9 Å². The van der Waals surface area contributed by atoms with Gasteiger partial charge in [0.1, 0.15) is 0 Å². The van der Waals surface area contributed by atoms with Gasteiger partial charge in [0, 0.05) is 41.9 Å². The zero-order valence-electron chi connectivity index (χ0n) is 15.3. The molecule has 2 aliphatic rings. The second kappa shape index (κ2) is 7.29. The third-order valence-electron chi connectivity index (χ3n) is 5.50. The van der Waals surface area contributed by atoms with Crippen molar-refractivity contribution >= 4 is 29.7 Å². The summed E-state index contributed by atoms with van der Waals surface area (Å²) >= 11 is 0. The highest BCUT2D eigenvalue weighted by atomic mass is 35.5. The first-order valence-electron chi connectivity index (χ1n) is 8.83. The van der Waals surface area contributed by atoms with E-state index in [0.717, 1.165) is 25.2 Å². The van der Waals surface area contributed by atoms with Gasteiger partial charge in [-0.2, -0.15) is 0 Å². The van der Waals surface area contributed by atoms with Crippen LogP contribution in [0, 0.1) is 17.0 Å². The number of anilines is 1. The number of rotatable bonds is 2. The fourth-order valence-electron chi connectivity index (χ4n) is 4.21. The SMILES string of the molecule is Cc1ccc2c(c1)C1CN(C)CCC1N2C(=O)c1ccc([N+](=O)[O-])cc1.Cl. The standard InChI is InChI=1S/C20H21N3O3.ClH/c1-13-3-8-18-16(11-13)17-12-21(2)10-9-19(17)22(18)20(24)14-4-6-15(7-5-14)23(25)26;/h3-8,11,17,19H,9-10,12H2,1-2H3;1H. The van der Waals surface area contributed by atoms with Crippen molar-refractivity contribution in [2.24, 2.45) is 0 Å². The van der Waals surface area contributed by atoms with E-state index in [4.69, 9.17) is 0 Å². The molecule has 7 heteroatoms. The largest absolute Gasteiger partial charge is 0.306 e. The summed E-state index contributed by atoms with van der Waals surface area (Å²) in [5.41, 5.74) is 3.89. The van der Waals surface area contributed by atoms with Crippen LogP contribution in [0.2, 0.25) is 0 Å². The first-order valence-corrected chi connectivity index (χ1v) is 8.83. The molecule has 27 heavy (non-hydrogen) atoms. The predicted octanol–water partition coefficient (Wildman–Crippen LogP) is 3.77. The average molecular weight is 388 g/mol. The van der Waals surface area contributed by atoms with Crippen LogP contribution < -0.4 is 4.90 Å². The molecular formula is C20H22ClN3O3. The summed E-state index contributed by atoms with van der Waals surface area (Å²) in [6, 6.07) is 12.3. The number of piperidine rings is 1. The number of amides is 1. The van der Waals surface area contributed by atoms with Gasteiger partial charge < -0.3 is 9.80 Å². The summed E-state index contributed by atoms with van der Waals surface area (Å²) in [4.78, 5) is 27.9. The third-order valence-corrected chi connectivity index (χ3v) is 5.50. The number of nitro groups is 1. The summed E-state index contributed by atoms with van der Waals surface area (Å²) in [5.74, 6) is 0.229. The maximum absolute atomic E-state index is 13.3. The second-order valence-electron chi connectivity index (χ2n) is 7.27. The summed E-state index contributed by atoms with van der Waals surface area (Å²) in [6.07, 6.45) is 0.924. The third kappa shape index (κ3) is 3.31. The zero-order chi connectivity index (χ0) is 18.4. The van der Waals surface area contributed by atoms with Crippen molar-refractivity contribution in [2.75, 3.05) is 25.0 Å². The molecule has 2 aromatic rings. The molecular weight excluding hydrogens is 366 g/mol. The molecule has 2 aromatic carbocycles. The van der Waals surface area contributed by atoms with Crippen molar-refractivity contribution in [1.82, 2.24) is 4.90 Å². The average Bonchev–Trinajstić information content (AvgIpc) is 2.94. The maximum atomic E-state index is 13.3. The van der Waals surface area contributed by atoms with Gasteiger partial charge >= 0.3 is 0 Å².